The number of unbranched alkanes of at least 4 members (excludes halogenated alkanes) is 13. The molecule has 0 saturated heterocycles. The molecule has 182 valence electrons. The molecule has 1 aliphatic rings. The third-order valence-corrected chi connectivity index (χ3v) is 8.01. The van der Waals surface area contributed by atoms with Crippen LogP contribution in [-0.2, 0) is 9.59 Å². The fourth-order valence-corrected chi connectivity index (χ4v) is 6.07. The molecule has 0 heterocycles. The molecule has 2 unspecified atom stereocenters. The van der Waals surface area contributed by atoms with E-state index in [1.165, 1.54) is 70.6 Å². The maximum absolute atomic E-state index is 12.4. The summed E-state index contributed by atoms with van der Waals surface area (Å²) in [6.45, 7) is 6.04. The van der Waals surface area contributed by atoms with Gasteiger partial charge in [-0.3, -0.25) is 9.59 Å². The average Bonchev–Trinajstić information content (AvgIpc) is 2.73. The van der Waals surface area contributed by atoms with Crippen LogP contribution >= 0.6 is 0 Å². The summed E-state index contributed by atoms with van der Waals surface area (Å²) in [5.41, 5.74) is -2.24. The lowest BCUT2D eigenvalue weighted by Crippen LogP contribution is -2.57. The second kappa shape index (κ2) is 14.9. The summed E-state index contributed by atoms with van der Waals surface area (Å²) in [4.78, 5) is 24.7. The van der Waals surface area contributed by atoms with Gasteiger partial charge in [0.15, 0.2) is 0 Å². The van der Waals surface area contributed by atoms with E-state index in [2.05, 4.69) is 6.92 Å². The zero-order valence-electron chi connectivity index (χ0n) is 20.7. The van der Waals surface area contributed by atoms with Crippen LogP contribution in [0, 0.1) is 16.7 Å². The van der Waals surface area contributed by atoms with E-state index in [1.807, 2.05) is 13.8 Å². The van der Waals surface area contributed by atoms with Crippen molar-refractivity contribution in [2.24, 2.45) is 16.7 Å². The maximum Gasteiger partial charge on any atom is 0.311 e. The Morgan fingerprint density at radius 2 is 1.10 bits per heavy atom. The minimum absolute atomic E-state index is 0.173. The van der Waals surface area contributed by atoms with Gasteiger partial charge in [0.2, 0.25) is 0 Å². The molecule has 0 aromatic heterocycles. The SMILES string of the molecule is CCCCCCCCCCCCCCCCC1(C(=O)O)CCCCC1(C(=O)O)C(C)C. The molecule has 31 heavy (non-hydrogen) atoms. The first-order chi connectivity index (χ1) is 14.8. The van der Waals surface area contributed by atoms with Crippen molar-refractivity contribution >= 4 is 11.9 Å². The summed E-state index contributed by atoms with van der Waals surface area (Å²) in [7, 11) is 0. The average molecular weight is 439 g/mol. The van der Waals surface area contributed by atoms with Gasteiger partial charge in [-0.05, 0) is 25.2 Å². The van der Waals surface area contributed by atoms with E-state index in [4.69, 9.17) is 0 Å². The van der Waals surface area contributed by atoms with E-state index in [1.54, 1.807) is 0 Å². The van der Waals surface area contributed by atoms with Gasteiger partial charge in [-0.25, -0.2) is 0 Å². The van der Waals surface area contributed by atoms with Gasteiger partial charge in [0, 0.05) is 0 Å². The highest BCUT2D eigenvalue weighted by molar-refractivity contribution is 5.87. The van der Waals surface area contributed by atoms with Crippen molar-refractivity contribution in [2.75, 3.05) is 0 Å². The molecular weight excluding hydrogens is 388 g/mol. The highest BCUT2D eigenvalue weighted by Crippen LogP contribution is 2.58. The van der Waals surface area contributed by atoms with Crippen molar-refractivity contribution in [3.8, 4) is 0 Å². The Hall–Kier alpha value is -1.06. The Morgan fingerprint density at radius 1 is 0.677 bits per heavy atom. The third-order valence-electron chi connectivity index (χ3n) is 8.01. The third kappa shape index (κ3) is 7.79. The number of rotatable bonds is 18. The number of carboxylic acid groups (broad SMARTS) is 2. The van der Waals surface area contributed by atoms with E-state index in [0.717, 1.165) is 32.1 Å². The summed E-state index contributed by atoms with van der Waals surface area (Å²) in [5, 5.41) is 20.3. The van der Waals surface area contributed by atoms with E-state index in [0.29, 0.717) is 19.3 Å². The number of carbonyl (C=O) groups is 2. The Bertz CT molecular complexity index is 515. The molecule has 0 aliphatic heterocycles. The molecule has 4 heteroatoms. The maximum atomic E-state index is 12.4. The van der Waals surface area contributed by atoms with Crippen molar-refractivity contribution in [3.63, 3.8) is 0 Å². The lowest BCUT2D eigenvalue weighted by molar-refractivity contribution is -0.187. The van der Waals surface area contributed by atoms with Crippen LogP contribution in [0.15, 0.2) is 0 Å². The summed E-state index contributed by atoms with van der Waals surface area (Å²) in [6.07, 6.45) is 20.9. The minimum Gasteiger partial charge on any atom is -0.481 e. The van der Waals surface area contributed by atoms with Crippen molar-refractivity contribution in [1.29, 1.82) is 0 Å². The molecule has 4 nitrogen and oxygen atoms in total. The van der Waals surface area contributed by atoms with Crippen LogP contribution in [0.4, 0.5) is 0 Å². The van der Waals surface area contributed by atoms with Gasteiger partial charge in [0.05, 0.1) is 10.8 Å². The second-order valence-electron chi connectivity index (χ2n) is 10.4. The molecule has 1 saturated carbocycles. The quantitative estimate of drug-likeness (QED) is 0.211. The Kier molecular flexibility index (Phi) is 13.4. The Morgan fingerprint density at radius 3 is 1.48 bits per heavy atom. The summed E-state index contributed by atoms with van der Waals surface area (Å²) >= 11 is 0. The van der Waals surface area contributed by atoms with Gasteiger partial charge < -0.3 is 10.2 Å². The van der Waals surface area contributed by atoms with Gasteiger partial charge in [-0.1, -0.05) is 124 Å². The van der Waals surface area contributed by atoms with Gasteiger partial charge in [0.25, 0.3) is 0 Å². The van der Waals surface area contributed by atoms with Crippen molar-refractivity contribution in [2.45, 2.75) is 143 Å². The molecule has 0 amide bonds. The van der Waals surface area contributed by atoms with Crippen molar-refractivity contribution < 1.29 is 19.8 Å². The highest BCUT2D eigenvalue weighted by Gasteiger charge is 2.63. The molecule has 0 aromatic carbocycles. The molecule has 2 N–H and O–H groups in total. The van der Waals surface area contributed by atoms with Gasteiger partial charge in [-0.2, -0.15) is 0 Å². The van der Waals surface area contributed by atoms with Crippen LogP contribution in [0.25, 0.3) is 0 Å². The molecule has 0 spiro atoms. The second-order valence-corrected chi connectivity index (χ2v) is 10.4. The molecule has 0 radical (unpaired) electrons. The number of hydrogen-bond donors (Lipinski definition) is 2. The molecule has 1 fully saturated rings. The van der Waals surface area contributed by atoms with Crippen LogP contribution in [0.2, 0.25) is 0 Å². The lowest BCUT2D eigenvalue weighted by atomic mass is 9.50. The standard InChI is InChI=1S/C27H50O4/c1-4-5-6-7-8-9-10-11-12-13-14-15-16-17-20-26(24(28)29)21-18-19-22-27(26,23(2)3)25(30)31/h23H,4-22H2,1-3H3,(H,28,29)(H,30,31). The normalized spacial score (nSPS) is 23.9. The first kappa shape index (κ1) is 28.0. The van der Waals surface area contributed by atoms with Crippen molar-refractivity contribution in [1.82, 2.24) is 0 Å². The molecule has 0 aromatic rings. The monoisotopic (exact) mass is 438 g/mol. The zero-order chi connectivity index (χ0) is 23.2. The molecule has 2 atom stereocenters. The zero-order valence-corrected chi connectivity index (χ0v) is 20.7. The largest absolute Gasteiger partial charge is 0.481 e. The summed E-state index contributed by atoms with van der Waals surface area (Å²) in [6, 6.07) is 0. The van der Waals surface area contributed by atoms with Crippen LogP contribution < -0.4 is 0 Å². The van der Waals surface area contributed by atoms with E-state index in [-0.39, 0.29) is 5.92 Å². The van der Waals surface area contributed by atoms with E-state index < -0.39 is 22.8 Å². The lowest BCUT2D eigenvalue weighted by Gasteiger charge is -2.51. The predicted octanol–water partition coefficient (Wildman–Crippen LogP) is 8.23. The van der Waals surface area contributed by atoms with Crippen LogP contribution in [-0.4, -0.2) is 22.2 Å². The highest BCUT2D eigenvalue weighted by atomic mass is 16.4. The minimum atomic E-state index is -1.13. The number of carboxylic acids is 2. The molecular formula is C27H50O4. The fourth-order valence-electron chi connectivity index (χ4n) is 6.07. The topological polar surface area (TPSA) is 74.6 Å². The smallest absolute Gasteiger partial charge is 0.311 e. The molecule has 1 aliphatic carbocycles. The Labute approximate surface area is 191 Å². The first-order valence-corrected chi connectivity index (χ1v) is 13.3. The molecule has 1 rings (SSSR count). The van der Waals surface area contributed by atoms with Crippen LogP contribution in [0.5, 0.6) is 0 Å². The first-order valence-electron chi connectivity index (χ1n) is 13.3. The summed E-state index contributed by atoms with van der Waals surface area (Å²) in [5.74, 6) is -1.97. The predicted molar refractivity (Wildman–Crippen MR) is 128 cm³/mol. The summed E-state index contributed by atoms with van der Waals surface area (Å²) < 4.78 is 0. The fraction of sp³-hybridized carbons (Fsp3) is 0.926. The Balaban J connectivity index is 2.31. The van der Waals surface area contributed by atoms with Crippen LogP contribution in [0.1, 0.15) is 143 Å². The van der Waals surface area contributed by atoms with Gasteiger partial charge in [0.1, 0.15) is 0 Å². The number of aliphatic carboxylic acids is 2. The molecule has 0 bridgehead atoms. The number of hydrogen-bond acceptors (Lipinski definition) is 2. The van der Waals surface area contributed by atoms with E-state index in [9.17, 15) is 19.8 Å². The van der Waals surface area contributed by atoms with Gasteiger partial charge >= 0.3 is 11.9 Å². The van der Waals surface area contributed by atoms with Gasteiger partial charge in [-0.15, -0.1) is 0 Å². The van der Waals surface area contributed by atoms with Crippen LogP contribution in [0.3, 0.4) is 0 Å². The van der Waals surface area contributed by atoms with E-state index >= 15 is 0 Å². The van der Waals surface area contributed by atoms with Crippen molar-refractivity contribution in [3.05, 3.63) is 0 Å².